The molecule has 200 valence electrons. The lowest BCUT2D eigenvalue weighted by atomic mass is 10.0. The molecule has 38 heavy (non-hydrogen) atoms. The van der Waals surface area contributed by atoms with Crippen LogP contribution in [0.25, 0.3) is 0 Å². The van der Waals surface area contributed by atoms with Gasteiger partial charge in [0.25, 0.3) is 5.69 Å². The Morgan fingerprint density at radius 1 is 0.974 bits per heavy atom. The largest absolute Gasteiger partial charge is 0.352 e. The summed E-state index contributed by atoms with van der Waals surface area (Å²) in [5, 5.41) is 14.0. The fraction of sp³-hybridized carbons (Fsp3) is 0.333. The van der Waals surface area contributed by atoms with E-state index in [1.54, 1.807) is 17.0 Å². The van der Waals surface area contributed by atoms with Crippen molar-refractivity contribution < 1.29 is 14.5 Å². The predicted octanol–water partition coefficient (Wildman–Crippen LogP) is 5.69. The minimum Gasteiger partial charge on any atom is -0.352 e. The first-order chi connectivity index (χ1) is 18.3. The molecule has 0 saturated heterocycles. The van der Waals surface area contributed by atoms with Crippen LogP contribution in [0.15, 0.2) is 78.9 Å². The van der Waals surface area contributed by atoms with Crippen LogP contribution >= 0.6 is 11.8 Å². The molecule has 3 aromatic rings. The molecule has 8 heteroatoms. The quantitative estimate of drug-likeness (QED) is 0.225. The lowest BCUT2D eigenvalue weighted by Crippen LogP contribution is -2.52. The number of hydrogen-bond acceptors (Lipinski definition) is 5. The smallest absolute Gasteiger partial charge is 0.269 e. The molecule has 0 unspecified atom stereocenters. The molecule has 0 aliphatic carbocycles. The maximum Gasteiger partial charge on any atom is 0.269 e. The number of non-ortho nitro benzene ring substituents is 1. The Morgan fingerprint density at radius 2 is 1.63 bits per heavy atom. The maximum absolute atomic E-state index is 13.7. The molecule has 2 amide bonds. The van der Waals surface area contributed by atoms with Crippen molar-refractivity contribution in [2.45, 2.75) is 58.0 Å². The first kappa shape index (κ1) is 28.9. The SMILES string of the molecule is CC[C@@H](C)NC(=O)[C@@H](Cc1ccccc1)N(Cc1ccccc1C)C(=O)CSCc1ccc([N+](=O)[O-])cc1. The normalized spacial score (nSPS) is 12.4. The lowest BCUT2D eigenvalue weighted by Gasteiger charge is -2.32. The van der Waals surface area contributed by atoms with E-state index in [1.807, 2.05) is 75.4 Å². The van der Waals surface area contributed by atoms with Crippen molar-refractivity contribution >= 4 is 29.3 Å². The minimum absolute atomic E-state index is 0.00676. The fourth-order valence-corrected chi connectivity index (χ4v) is 4.89. The number of amides is 2. The van der Waals surface area contributed by atoms with E-state index in [4.69, 9.17) is 0 Å². The Hall–Kier alpha value is -3.65. The second-order valence-electron chi connectivity index (χ2n) is 9.39. The van der Waals surface area contributed by atoms with Crippen molar-refractivity contribution in [2.75, 3.05) is 5.75 Å². The number of rotatable bonds is 13. The Kier molecular flexibility index (Phi) is 10.9. The summed E-state index contributed by atoms with van der Waals surface area (Å²) in [6, 6.07) is 23.3. The van der Waals surface area contributed by atoms with E-state index in [9.17, 15) is 19.7 Å². The van der Waals surface area contributed by atoms with Gasteiger partial charge >= 0.3 is 0 Å². The van der Waals surface area contributed by atoms with E-state index in [2.05, 4.69) is 5.32 Å². The highest BCUT2D eigenvalue weighted by atomic mass is 32.2. The first-order valence-corrected chi connectivity index (χ1v) is 13.9. The molecule has 2 atom stereocenters. The Labute approximate surface area is 228 Å². The third-order valence-corrected chi connectivity index (χ3v) is 7.50. The van der Waals surface area contributed by atoms with E-state index in [0.29, 0.717) is 18.7 Å². The summed E-state index contributed by atoms with van der Waals surface area (Å²) in [6.07, 6.45) is 1.20. The van der Waals surface area contributed by atoms with Crippen LogP contribution in [0, 0.1) is 17.0 Å². The van der Waals surface area contributed by atoms with Crippen molar-refractivity contribution in [3.63, 3.8) is 0 Å². The Morgan fingerprint density at radius 3 is 2.26 bits per heavy atom. The van der Waals surface area contributed by atoms with Crippen LogP contribution in [-0.2, 0) is 28.3 Å². The van der Waals surface area contributed by atoms with Gasteiger partial charge in [-0.1, -0.05) is 73.7 Å². The summed E-state index contributed by atoms with van der Waals surface area (Å²) in [5.41, 5.74) is 3.97. The minimum atomic E-state index is -0.668. The van der Waals surface area contributed by atoms with Gasteiger partial charge < -0.3 is 10.2 Å². The van der Waals surface area contributed by atoms with Crippen LogP contribution in [0.4, 0.5) is 5.69 Å². The number of carbonyl (C=O) groups is 2. The zero-order valence-corrected chi connectivity index (χ0v) is 22.9. The van der Waals surface area contributed by atoms with Crippen molar-refractivity contribution in [3.8, 4) is 0 Å². The number of benzene rings is 3. The van der Waals surface area contributed by atoms with E-state index in [0.717, 1.165) is 28.7 Å². The maximum atomic E-state index is 13.7. The summed E-state index contributed by atoms with van der Waals surface area (Å²) < 4.78 is 0. The molecule has 0 spiro atoms. The summed E-state index contributed by atoms with van der Waals surface area (Å²) in [4.78, 5) is 39.5. The van der Waals surface area contributed by atoms with Crippen LogP contribution in [0.1, 0.15) is 42.5 Å². The van der Waals surface area contributed by atoms with E-state index >= 15 is 0 Å². The number of thioether (sulfide) groups is 1. The lowest BCUT2D eigenvalue weighted by molar-refractivity contribution is -0.384. The third kappa shape index (κ3) is 8.45. The molecule has 0 fully saturated rings. The molecule has 0 radical (unpaired) electrons. The van der Waals surface area contributed by atoms with Gasteiger partial charge in [-0.25, -0.2) is 0 Å². The van der Waals surface area contributed by atoms with Gasteiger partial charge in [0.15, 0.2) is 0 Å². The van der Waals surface area contributed by atoms with Crippen molar-refractivity contribution in [1.82, 2.24) is 10.2 Å². The molecule has 0 aliphatic heterocycles. The molecule has 0 heterocycles. The number of carbonyl (C=O) groups excluding carboxylic acids is 2. The van der Waals surface area contributed by atoms with Gasteiger partial charge in [0, 0.05) is 36.9 Å². The predicted molar refractivity (Wildman–Crippen MR) is 153 cm³/mol. The van der Waals surface area contributed by atoms with Gasteiger partial charge in [0.2, 0.25) is 11.8 Å². The third-order valence-electron chi connectivity index (χ3n) is 6.52. The summed E-state index contributed by atoms with van der Waals surface area (Å²) in [7, 11) is 0. The summed E-state index contributed by atoms with van der Waals surface area (Å²) in [6.45, 7) is 6.31. The molecule has 0 bridgehead atoms. The van der Waals surface area contributed by atoms with Crippen LogP contribution in [0.2, 0.25) is 0 Å². The highest BCUT2D eigenvalue weighted by Crippen LogP contribution is 2.21. The van der Waals surface area contributed by atoms with Gasteiger partial charge in [-0.2, -0.15) is 0 Å². The fourth-order valence-electron chi connectivity index (χ4n) is 4.02. The monoisotopic (exact) mass is 533 g/mol. The molecular formula is C30H35N3O4S. The van der Waals surface area contributed by atoms with Gasteiger partial charge in [0.1, 0.15) is 6.04 Å². The zero-order valence-electron chi connectivity index (χ0n) is 22.1. The first-order valence-electron chi connectivity index (χ1n) is 12.8. The highest BCUT2D eigenvalue weighted by molar-refractivity contribution is 7.99. The number of nitro groups is 1. The average molecular weight is 534 g/mol. The molecule has 1 N–H and O–H groups in total. The summed E-state index contributed by atoms with van der Waals surface area (Å²) in [5.74, 6) is 0.431. The van der Waals surface area contributed by atoms with Crippen molar-refractivity contribution in [1.29, 1.82) is 0 Å². The van der Waals surface area contributed by atoms with E-state index in [1.165, 1.54) is 23.9 Å². The number of nitrogens with zero attached hydrogens (tertiary/aromatic N) is 2. The topological polar surface area (TPSA) is 92.6 Å². The Bertz CT molecular complexity index is 1220. The second kappa shape index (κ2) is 14.3. The van der Waals surface area contributed by atoms with Crippen molar-refractivity contribution in [3.05, 3.63) is 111 Å². The van der Waals surface area contributed by atoms with Crippen LogP contribution < -0.4 is 5.32 Å². The molecule has 0 aromatic heterocycles. The van der Waals surface area contributed by atoms with Crippen LogP contribution in [-0.4, -0.2) is 39.5 Å². The molecule has 3 rings (SSSR count). The summed E-state index contributed by atoms with van der Waals surface area (Å²) >= 11 is 1.43. The zero-order chi connectivity index (χ0) is 27.5. The number of nitrogens with one attached hydrogen (secondary N) is 1. The van der Waals surface area contributed by atoms with E-state index < -0.39 is 11.0 Å². The molecular weight excluding hydrogens is 498 g/mol. The van der Waals surface area contributed by atoms with Gasteiger partial charge in [0.05, 0.1) is 10.7 Å². The van der Waals surface area contributed by atoms with Crippen LogP contribution in [0.3, 0.4) is 0 Å². The molecule has 3 aromatic carbocycles. The Balaban J connectivity index is 1.84. The van der Waals surface area contributed by atoms with E-state index in [-0.39, 0.29) is 29.3 Å². The highest BCUT2D eigenvalue weighted by Gasteiger charge is 2.31. The molecule has 0 saturated carbocycles. The molecule has 7 nitrogen and oxygen atoms in total. The van der Waals surface area contributed by atoms with Gasteiger partial charge in [-0.05, 0) is 42.5 Å². The van der Waals surface area contributed by atoms with Crippen LogP contribution in [0.5, 0.6) is 0 Å². The number of nitro benzene ring substituents is 1. The van der Waals surface area contributed by atoms with Gasteiger partial charge in [-0.3, -0.25) is 19.7 Å². The molecule has 0 aliphatic rings. The van der Waals surface area contributed by atoms with Crippen molar-refractivity contribution in [2.24, 2.45) is 0 Å². The second-order valence-corrected chi connectivity index (χ2v) is 10.4. The van der Waals surface area contributed by atoms with Gasteiger partial charge in [-0.15, -0.1) is 11.8 Å². The average Bonchev–Trinajstić information content (AvgIpc) is 2.92. The standard InChI is InChI=1S/C30H35N3O4S/c1-4-23(3)31-30(35)28(18-24-11-6-5-7-12-24)32(19-26-13-9-8-10-22(26)2)29(34)21-38-20-25-14-16-27(17-15-25)33(36)37/h5-17,23,28H,4,18-21H2,1-3H3,(H,31,35)/t23-,28-/m1/s1. The number of aryl methyl sites for hydroxylation is 1. The number of hydrogen-bond donors (Lipinski definition) is 1.